The quantitative estimate of drug-likeness (QED) is 0.271. The van der Waals surface area contributed by atoms with Crippen molar-refractivity contribution in [2.24, 2.45) is 5.92 Å². The first-order valence-corrected chi connectivity index (χ1v) is 14.8. The third kappa shape index (κ3) is 8.15. The molecule has 4 unspecified atom stereocenters. The van der Waals surface area contributed by atoms with Gasteiger partial charge in [-0.25, -0.2) is 4.79 Å². The SMILES string of the molecule is Cc1ccc(C(C(=O)Nc2ccccc2C)N(C(=O)C(Cc2ccc(O)cc2)NC(=O)OC(C)(C)C)C2CC2C)c(C)c1. The van der Waals surface area contributed by atoms with Gasteiger partial charge in [-0.15, -0.1) is 0 Å². The zero-order valence-electron chi connectivity index (χ0n) is 26.1. The molecule has 1 fully saturated rings. The molecule has 1 aliphatic rings. The van der Waals surface area contributed by atoms with Crippen LogP contribution in [0.25, 0.3) is 0 Å². The number of nitrogens with zero attached hydrogens (tertiary/aromatic N) is 1. The smallest absolute Gasteiger partial charge is 0.408 e. The number of aromatic hydroxyl groups is 1. The molecular weight excluding hydrogens is 542 g/mol. The average Bonchev–Trinajstić information content (AvgIpc) is 3.64. The Labute approximate surface area is 254 Å². The highest BCUT2D eigenvalue weighted by Crippen LogP contribution is 2.42. The Balaban J connectivity index is 1.78. The Morgan fingerprint density at radius 2 is 1.63 bits per heavy atom. The summed E-state index contributed by atoms with van der Waals surface area (Å²) in [7, 11) is 0. The van der Waals surface area contributed by atoms with Crippen LogP contribution in [0.5, 0.6) is 5.75 Å². The minimum atomic E-state index is -1.02. The number of nitrogens with one attached hydrogen (secondary N) is 2. The predicted octanol–water partition coefficient (Wildman–Crippen LogP) is 6.37. The topological polar surface area (TPSA) is 108 Å². The molecule has 4 rings (SSSR count). The first kappa shape index (κ1) is 31.6. The lowest BCUT2D eigenvalue weighted by Crippen LogP contribution is -2.54. The van der Waals surface area contributed by atoms with E-state index in [0.717, 1.165) is 34.2 Å². The molecule has 228 valence electrons. The fraction of sp³-hybridized carbons (Fsp3) is 0.400. The monoisotopic (exact) mass is 585 g/mol. The number of rotatable bonds is 9. The van der Waals surface area contributed by atoms with E-state index in [9.17, 15) is 19.5 Å². The van der Waals surface area contributed by atoms with Crippen molar-refractivity contribution in [3.05, 3.63) is 94.5 Å². The van der Waals surface area contributed by atoms with E-state index in [0.29, 0.717) is 5.69 Å². The number of aryl methyl sites for hydroxylation is 3. The fourth-order valence-electron chi connectivity index (χ4n) is 5.33. The van der Waals surface area contributed by atoms with Crippen LogP contribution >= 0.6 is 0 Å². The Bertz CT molecular complexity index is 1480. The number of phenols is 1. The molecule has 0 saturated heterocycles. The van der Waals surface area contributed by atoms with Crippen LogP contribution in [0, 0.1) is 26.7 Å². The van der Waals surface area contributed by atoms with Gasteiger partial charge in [0.15, 0.2) is 0 Å². The van der Waals surface area contributed by atoms with Crippen molar-refractivity contribution in [2.75, 3.05) is 5.32 Å². The zero-order chi connectivity index (χ0) is 31.5. The number of carbonyl (C=O) groups is 3. The van der Waals surface area contributed by atoms with Gasteiger partial charge in [-0.3, -0.25) is 9.59 Å². The molecule has 0 aliphatic heterocycles. The molecule has 0 heterocycles. The molecule has 8 heteroatoms. The average molecular weight is 586 g/mol. The van der Waals surface area contributed by atoms with Crippen LogP contribution in [-0.2, 0) is 20.7 Å². The van der Waals surface area contributed by atoms with Gasteiger partial charge in [0, 0.05) is 18.2 Å². The standard InChI is InChI=1S/C35H43N3O5/c1-21-12-17-27(23(3)18-21)31(32(40)36-28-11-9-8-10-22(28)2)38(30-19-24(30)4)33(41)29(37-34(42)43-35(5,6)7)20-25-13-15-26(39)16-14-25/h8-18,24,29-31,39H,19-20H2,1-7H3,(H,36,40)(H,37,42). The number of phenolic OH excluding ortho intramolecular Hbond substituents is 1. The first-order valence-electron chi connectivity index (χ1n) is 14.8. The van der Waals surface area contributed by atoms with Gasteiger partial charge in [0.25, 0.3) is 5.91 Å². The predicted molar refractivity (Wildman–Crippen MR) is 168 cm³/mol. The van der Waals surface area contributed by atoms with Crippen molar-refractivity contribution in [1.82, 2.24) is 10.2 Å². The van der Waals surface area contributed by atoms with Crippen molar-refractivity contribution in [3.8, 4) is 5.75 Å². The van der Waals surface area contributed by atoms with Crippen molar-refractivity contribution < 1.29 is 24.2 Å². The van der Waals surface area contributed by atoms with E-state index in [1.807, 2.05) is 63.2 Å². The summed E-state index contributed by atoms with van der Waals surface area (Å²) in [4.78, 5) is 43.6. The summed E-state index contributed by atoms with van der Waals surface area (Å²) in [6.45, 7) is 13.2. The summed E-state index contributed by atoms with van der Waals surface area (Å²) in [5.74, 6) is -0.421. The molecule has 8 nitrogen and oxygen atoms in total. The molecule has 3 amide bonds. The molecule has 3 aromatic rings. The highest BCUT2D eigenvalue weighted by atomic mass is 16.6. The maximum Gasteiger partial charge on any atom is 0.408 e. The highest BCUT2D eigenvalue weighted by molar-refractivity contribution is 6.00. The van der Waals surface area contributed by atoms with Crippen LogP contribution in [0.1, 0.15) is 68.0 Å². The summed E-state index contributed by atoms with van der Waals surface area (Å²) in [5.41, 5.74) is 4.22. The lowest BCUT2D eigenvalue weighted by molar-refractivity contribution is -0.141. The number of para-hydroxylation sites is 1. The van der Waals surface area contributed by atoms with E-state index in [4.69, 9.17) is 4.74 Å². The maximum absolute atomic E-state index is 14.7. The summed E-state index contributed by atoms with van der Waals surface area (Å²) in [6.07, 6.45) is 0.166. The Morgan fingerprint density at radius 3 is 2.21 bits per heavy atom. The molecule has 0 aromatic heterocycles. The summed E-state index contributed by atoms with van der Waals surface area (Å²) in [5, 5.41) is 15.7. The number of carbonyl (C=O) groups excluding carboxylic acids is 3. The molecule has 3 aromatic carbocycles. The van der Waals surface area contributed by atoms with Crippen LogP contribution in [0.2, 0.25) is 0 Å². The summed E-state index contributed by atoms with van der Waals surface area (Å²) in [6, 6.07) is 17.8. The minimum absolute atomic E-state index is 0.1000. The van der Waals surface area contributed by atoms with Crippen molar-refractivity contribution in [3.63, 3.8) is 0 Å². The van der Waals surface area contributed by atoms with E-state index in [1.165, 1.54) is 0 Å². The molecule has 4 atom stereocenters. The number of alkyl carbamates (subject to hydrolysis) is 1. The van der Waals surface area contributed by atoms with E-state index < -0.39 is 23.8 Å². The molecule has 0 radical (unpaired) electrons. The molecule has 0 bridgehead atoms. The third-order valence-corrected chi connectivity index (χ3v) is 7.69. The number of anilines is 1. The van der Waals surface area contributed by atoms with Gasteiger partial charge in [-0.2, -0.15) is 0 Å². The largest absolute Gasteiger partial charge is 0.508 e. The van der Waals surface area contributed by atoms with Gasteiger partial charge >= 0.3 is 6.09 Å². The number of benzene rings is 3. The number of hydrogen-bond donors (Lipinski definition) is 3. The number of hydrogen-bond acceptors (Lipinski definition) is 5. The van der Waals surface area contributed by atoms with Crippen LogP contribution < -0.4 is 10.6 Å². The van der Waals surface area contributed by atoms with Gasteiger partial charge in [0.05, 0.1) is 0 Å². The van der Waals surface area contributed by atoms with Gasteiger partial charge in [-0.05, 0) is 94.3 Å². The third-order valence-electron chi connectivity index (χ3n) is 7.69. The lowest BCUT2D eigenvalue weighted by Gasteiger charge is -2.36. The van der Waals surface area contributed by atoms with Gasteiger partial charge in [0.1, 0.15) is 23.4 Å². The molecule has 0 spiro atoms. The molecule has 1 aliphatic carbocycles. The minimum Gasteiger partial charge on any atom is -0.508 e. The van der Waals surface area contributed by atoms with Gasteiger partial charge < -0.3 is 25.4 Å². The highest BCUT2D eigenvalue weighted by Gasteiger charge is 2.48. The van der Waals surface area contributed by atoms with Crippen LogP contribution in [0.3, 0.4) is 0 Å². The van der Waals surface area contributed by atoms with E-state index in [1.54, 1.807) is 49.9 Å². The zero-order valence-corrected chi connectivity index (χ0v) is 26.1. The van der Waals surface area contributed by atoms with Crippen molar-refractivity contribution >= 4 is 23.6 Å². The second-order valence-corrected chi connectivity index (χ2v) is 12.7. The van der Waals surface area contributed by atoms with Gasteiger partial charge in [-0.1, -0.05) is 61.0 Å². The molecule has 43 heavy (non-hydrogen) atoms. The van der Waals surface area contributed by atoms with Crippen molar-refractivity contribution in [1.29, 1.82) is 0 Å². The van der Waals surface area contributed by atoms with E-state index >= 15 is 0 Å². The van der Waals surface area contributed by atoms with Gasteiger partial charge in [0.2, 0.25) is 5.91 Å². The second kappa shape index (κ2) is 12.9. The molecule has 3 N–H and O–H groups in total. The van der Waals surface area contributed by atoms with Crippen molar-refractivity contribution in [2.45, 2.75) is 85.0 Å². The number of ether oxygens (including phenoxy) is 1. The van der Waals surface area contributed by atoms with E-state index in [2.05, 4.69) is 17.6 Å². The van der Waals surface area contributed by atoms with Crippen LogP contribution in [0.4, 0.5) is 10.5 Å². The normalized spacial score (nSPS) is 17.4. The molecule has 1 saturated carbocycles. The Hall–Kier alpha value is -4.33. The van der Waals surface area contributed by atoms with Crippen LogP contribution in [-0.4, -0.2) is 45.6 Å². The van der Waals surface area contributed by atoms with Crippen LogP contribution in [0.15, 0.2) is 66.7 Å². The summed E-state index contributed by atoms with van der Waals surface area (Å²) < 4.78 is 5.53. The Kier molecular flexibility index (Phi) is 9.48. The summed E-state index contributed by atoms with van der Waals surface area (Å²) >= 11 is 0. The Morgan fingerprint density at radius 1 is 0.977 bits per heavy atom. The lowest BCUT2D eigenvalue weighted by atomic mass is 9.95. The van der Waals surface area contributed by atoms with E-state index in [-0.39, 0.29) is 35.9 Å². The second-order valence-electron chi connectivity index (χ2n) is 12.7. The molecular formula is C35H43N3O5. The number of amides is 3. The fourth-order valence-corrected chi connectivity index (χ4v) is 5.33. The first-order chi connectivity index (χ1) is 20.2. The maximum atomic E-state index is 14.7.